The standard InChI is InChI=1S/C21H23N3O3/c1-4-21(17-8-6-5-7-9-17)19(26)24(20(27)22-21)23-18(25)16-12-10-15(11-13-16)14(2)3/h5-14H,4H2,1-3H3,(H,22,27)(H,23,25)/t21-/m0/s1. The third kappa shape index (κ3) is 3.30. The van der Waals surface area contributed by atoms with Crippen LogP contribution in [0.1, 0.15) is 54.6 Å². The second-order valence-corrected chi connectivity index (χ2v) is 6.91. The number of rotatable bonds is 5. The maximum atomic E-state index is 13.0. The number of imide groups is 1. The van der Waals surface area contributed by atoms with Gasteiger partial charge < -0.3 is 5.32 Å². The highest BCUT2D eigenvalue weighted by atomic mass is 16.2. The highest BCUT2D eigenvalue weighted by Crippen LogP contribution is 2.31. The monoisotopic (exact) mass is 365 g/mol. The van der Waals surface area contributed by atoms with Crippen LogP contribution in [-0.4, -0.2) is 22.9 Å². The normalized spacial score (nSPS) is 19.3. The van der Waals surface area contributed by atoms with Crippen molar-refractivity contribution in [1.29, 1.82) is 0 Å². The molecule has 0 saturated carbocycles. The molecule has 1 aliphatic rings. The molecule has 2 N–H and O–H groups in total. The molecular weight excluding hydrogens is 342 g/mol. The maximum Gasteiger partial charge on any atom is 0.344 e. The Morgan fingerprint density at radius 3 is 2.26 bits per heavy atom. The lowest BCUT2D eigenvalue weighted by molar-refractivity contribution is -0.133. The van der Waals surface area contributed by atoms with Crippen molar-refractivity contribution in [2.45, 2.75) is 38.6 Å². The van der Waals surface area contributed by atoms with Gasteiger partial charge in [-0.3, -0.25) is 15.0 Å². The molecule has 1 aliphatic heterocycles. The number of benzene rings is 2. The summed E-state index contributed by atoms with van der Waals surface area (Å²) in [6.45, 7) is 5.95. The van der Waals surface area contributed by atoms with E-state index in [4.69, 9.17) is 0 Å². The first-order valence-electron chi connectivity index (χ1n) is 9.02. The first-order chi connectivity index (χ1) is 12.9. The molecule has 1 fully saturated rings. The lowest BCUT2D eigenvalue weighted by Crippen LogP contribution is -2.48. The Bertz CT molecular complexity index is 862. The Labute approximate surface area is 158 Å². The number of nitrogens with zero attached hydrogens (tertiary/aromatic N) is 1. The molecule has 140 valence electrons. The van der Waals surface area contributed by atoms with E-state index in [1.165, 1.54) is 0 Å². The molecule has 0 bridgehead atoms. The minimum absolute atomic E-state index is 0.351. The van der Waals surface area contributed by atoms with E-state index in [0.29, 0.717) is 23.5 Å². The average Bonchev–Trinajstić information content (AvgIpc) is 2.93. The molecule has 1 heterocycles. The van der Waals surface area contributed by atoms with Crippen LogP contribution in [0, 0.1) is 0 Å². The molecule has 6 nitrogen and oxygen atoms in total. The number of hydrogen-bond donors (Lipinski definition) is 2. The first kappa shape index (κ1) is 18.6. The zero-order valence-corrected chi connectivity index (χ0v) is 15.7. The van der Waals surface area contributed by atoms with Crippen molar-refractivity contribution in [3.8, 4) is 0 Å². The Kier molecular flexibility index (Phi) is 4.99. The summed E-state index contributed by atoms with van der Waals surface area (Å²) in [5.74, 6) is -0.647. The van der Waals surface area contributed by atoms with Crippen molar-refractivity contribution < 1.29 is 14.4 Å². The van der Waals surface area contributed by atoms with Gasteiger partial charge >= 0.3 is 6.03 Å². The van der Waals surface area contributed by atoms with Crippen molar-refractivity contribution in [2.75, 3.05) is 0 Å². The summed E-state index contributed by atoms with van der Waals surface area (Å²) in [5, 5.41) is 3.51. The van der Waals surface area contributed by atoms with Crippen molar-refractivity contribution in [3.63, 3.8) is 0 Å². The van der Waals surface area contributed by atoms with E-state index in [0.717, 1.165) is 10.6 Å². The Morgan fingerprint density at radius 1 is 1.07 bits per heavy atom. The second-order valence-electron chi connectivity index (χ2n) is 6.91. The number of hydrazine groups is 1. The minimum atomic E-state index is -1.17. The SMILES string of the molecule is CC[C@@]1(c2ccccc2)NC(=O)N(NC(=O)c2ccc(C(C)C)cc2)C1=O. The number of hydrogen-bond acceptors (Lipinski definition) is 3. The van der Waals surface area contributed by atoms with Crippen LogP contribution in [0.25, 0.3) is 0 Å². The number of urea groups is 1. The molecule has 6 heteroatoms. The Morgan fingerprint density at radius 2 is 1.70 bits per heavy atom. The fourth-order valence-corrected chi connectivity index (χ4v) is 3.22. The third-order valence-corrected chi connectivity index (χ3v) is 4.94. The van der Waals surface area contributed by atoms with Gasteiger partial charge in [0.1, 0.15) is 5.54 Å². The zero-order valence-electron chi connectivity index (χ0n) is 15.7. The minimum Gasteiger partial charge on any atom is -0.318 e. The smallest absolute Gasteiger partial charge is 0.318 e. The molecule has 0 aliphatic carbocycles. The van der Waals surface area contributed by atoms with Crippen molar-refractivity contribution in [2.24, 2.45) is 0 Å². The van der Waals surface area contributed by atoms with E-state index in [1.54, 1.807) is 24.3 Å². The fourth-order valence-electron chi connectivity index (χ4n) is 3.22. The molecule has 27 heavy (non-hydrogen) atoms. The van der Waals surface area contributed by atoms with Crippen LogP contribution < -0.4 is 10.7 Å². The number of carbonyl (C=O) groups excluding carboxylic acids is 3. The number of nitrogens with one attached hydrogen (secondary N) is 2. The van der Waals surface area contributed by atoms with Gasteiger partial charge in [0.25, 0.3) is 11.8 Å². The average molecular weight is 365 g/mol. The molecule has 4 amide bonds. The highest BCUT2D eigenvalue weighted by Gasteiger charge is 2.52. The summed E-state index contributed by atoms with van der Waals surface area (Å²) >= 11 is 0. The first-order valence-corrected chi connectivity index (χ1v) is 9.02. The van der Waals surface area contributed by atoms with Crippen LogP contribution in [0.4, 0.5) is 4.79 Å². The number of amides is 4. The van der Waals surface area contributed by atoms with Gasteiger partial charge in [-0.1, -0.05) is 63.2 Å². The van der Waals surface area contributed by atoms with Crippen LogP contribution in [0.3, 0.4) is 0 Å². The molecule has 2 aromatic carbocycles. The van der Waals surface area contributed by atoms with Gasteiger partial charge in [-0.25, -0.2) is 4.79 Å². The molecule has 1 saturated heterocycles. The summed E-state index contributed by atoms with van der Waals surface area (Å²) in [7, 11) is 0. The summed E-state index contributed by atoms with van der Waals surface area (Å²) < 4.78 is 0. The van der Waals surface area contributed by atoms with Gasteiger partial charge in [0.2, 0.25) is 0 Å². The largest absolute Gasteiger partial charge is 0.344 e. The van der Waals surface area contributed by atoms with E-state index in [2.05, 4.69) is 24.6 Å². The van der Waals surface area contributed by atoms with Gasteiger partial charge in [-0.15, -0.1) is 0 Å². The maximum absolute atomic E-state index is 13.0. The van der Waals surface area contributed by atoms with E-state index >= 15 is 0 Å². The zero-order chi connectivity index (χ0) is 19.6. The Balaban J connectivity index is 1.82. The van der Waals surface area contributed by atoms with Crippen molar-refractivity contribution in [3.05, 3.63) is 71.3 Å². The third-order valence-electron chi connectivity index (χ3n) is 4.94. The van der Waals surface area contributed by atoms with Crippen LogP contribution in [0.2, 0.25) is 0 Å². The summed E-state index contributed by atoms with van der Waals surface area (Å²) in [4.78, 5) is 38.0. The van der Waals surface area contributed by atoms with Crippen molar-refractivity contribution >= 4 is 17.8 Å². The molecule has 3 rings (SSSR count). The van der Waals surface area contributed by atoms with Gasteiger partial charge in [-0.05, 0) is 35.6 Å². The summed E-state index contributed by atoms with van der Waals surface area (Å²) in [6.07, 6.45) is 0.372. The highest BCUT2D eigenvalue weighted by molar-refractivity contribution is 6.09. The number of carbonyl (C=O) groups is 3. The van der Waals surface area contributed by atoms with Gasteiger partial charge in [0, 0.05) is 5.56 Å². The lowest BCUT2D eigenvalue weighted by Gasteiger charge is -2.25. The summed E-state index contributed by atoms with van der Waals surface area (Å²) in [5.41, 5.74) is 3.44. The van der Waals surface area contributed by atoms with Crippen LogP contribution in [0.5, 0.6) is 0 Å². The van der Waals surface area contributed by atoms with Gasteiger partial charge in [-0.2, -0.15) is 5.01 Å². The molecule has 0 radical (unpaired) electrons. The van der Waals surface area contributed by atoms with Gasteiger partial charge in [0.05, 0.1) is 0 Å². The quantitative estimate of drug-likeness (QED) is 0.798. The molecule has 0 unspecified atom stereocenters. The molecule has 2 aromatic rings. The van der Waals surface area contributed by atoms with E-state index in [1.807, 2.05) is 37.3 Å². The topological polar surface area (TPSA) is 78.5 Å². The molecule has 0 spiro atoms. The molecule has 0 aromatic heterocycles. The van der Waals surface area contributed by atoms with E-state index < -0.39 is 23.4 Å². The van der Waals surface area contributed by atoms with Crippen LogP contribution >= 0.6 is 0 Å². The van der Waals surface area contributed by atoms with Crippen LogP contribution in [0.15, 0.2) is 54.6 Å². The van der Waals surface area contributed by atoms with E-state index in [9.17, 15) is 14.4 Å². The van der Waals surface area contributed by atoms with E-state index in [-0.39, 0.29) is 0 Å². The fraction of sp³-hybridized carbons (Fsp3) is 0.286. The molecular formula is C21H23N3O3. The van der Waals surface area contributed by atoms with Crippen LogP contribution in [-0.2, 0) is 10.3 Å². The summed E-state index contributed by atoms with van der Waals surface area (Å²) in [6, 6.07) is 15.5. The van der Waals surface area contributed by atoms with Crippen molar-refractivity contribution in [1.82, 2.24) is 15.8 Å². The predicted octanol–water partition coefficient (Wildman–Crippen LogP) is 3.31. The van der Waals surface area contributed by atoms with Gasteiger partial charge in [0.15, 0.2) is 0 Å². The second kappa shape index (κ2) is 7.23. The lowest BCUT2D eigenvalue weighted by atomic mass is 9.87. The molecule has 1 atom stereocenters. The Hall–Kier alpha value is -3.15. The predicted molar refractivity (Wildman–Crippen MR) is 102 cm³/mol.